The molecule has 0 amide bonds. The zero-order chi connectivity index (χ0) is 15.8. The van der Waals surface area contributed by atoms with Gasteiger partial charge >= 0.3 is 0 Å². The van der Waals surface area contributed by atoms with E-state index >= 15 is 0 Å². The van der Waals surface area contributed by atoms with Crippen LogP contribution >= 0.6 is 22.9 Å². The third-order valence-electron chi connectivity index (χ3n) is 4.93. The predicted molar refractivity (Wildman–Crippen MR) is 91.1 cm³/mol. The smallest absolute Gasteiger partial charge is 0.141 e. The van der Waals surface area contributed by atoms with Crippen molar-refractivity contribution < 1.29 is 4.39 Å². The number of hydrogen-bond acceptors (Lipinski definition) is 4. The van der Waals surface area contributed by atoms with Crippen molar-refractivity contribution in [3.8, 4) is 0 Å². The molecule has 2 atom stereocenters. The Morgan fingerprint density at radius 1 is 1.30 bits per heavy atom. The maximum absolute atomic E-state index is 13.2. The summed E-state index contributed by atoms with van der Waals surface area (Å²) < 4.78 is 13.2. The van der Waals surface area contributed by atoms with Crippen LogP contribution in [0.1, 0.15) is 17.0 Å². The summed E-state index contributed by atoms with van der Waals surface area (Å²) in [5, 5.41) is 3.47. The van der Waals surface area contributed by atoms with E-state index in [9.17, 15) is 4.39 Å². The Balaban J connectivity index is 1.32. The summed E-state index contributed by atoms with van der Waals surface area (Å²) >= 11 is 7.61. The van der Waals surface area contributed by atoms with Gasteiger partial charge in [0.25, 0.3) is 0 Å². The minimum atomic E-state index is -0.340. The van der Waals surface area contributed by atoms with Crippen LogP contribution in [0, 0.1) is 11.7 Å². The van der Waals surface area contributed by atoms with Crippen molar-refractivity contribution in [3.63, 3.8) is 0 Å². The number of piperidine rings is 1. The Bertz CT molecular complexity index is 678. The number of benzene rings is 1. The summed E-state index contributed by atoms with van der Waals surface area (Å²) in [6, 6.07) is 5.71. The van der Waals surface area contributed by atoms with E-state index in [-0.39, 0.29) is 10.8 Å². The molecular formula is C17H19ClFN3S. The minimum absolute atomic E-state index is 0.220. The van der Waals surface area contributed by atoms with Gasteiger partial charge < -0.3 is 0 Å². The van der Waals surface area contributed by atoms with E-state index in [0.29, 0.717) is 6.04 Å². The molecule has 2 aliphatic heterocycles. The van der Waals surface area contributed by atoms with Crippen molar-refractivity contribution in [3.05, 3.63) is 51.2 Å². The average Bonchev–Trinajstić information content (AvgIpc) is 3.02. The number of halogens is 2. The van der Waals surface area contributed by atoms with Gasteiger partial charge in [0.05, 0.1) is 11.6 Å². The van der Waals surface area contributed by atoms with Crippen LogP contribution in [0.15, 0.2) is 29.8 Å². The van der Waals surface area contributed by atoms with Crippen molar-refractivity contribution in [1.29, 1.82) is 0 Å². The lowest BCUT2D eigenvalue weighted by Crippen LogP contribution is -2.62. The van der Waals surface area contributed by atoms with E-state index in [1.807, 2.05) is 17.6 Å². The maximum atomic E-state index is 13.2. The van der Waals surface area contributed by atoms with Crippen molar-refractivity contribution in [1.82, 2.24) is 14.8 Å². The monoisotopic (exact) mass is 351 g/mol. The largest absolute Gasteiger partial charge is 0.296 e. The molecule has 2 aliphatic rings. The molecule has 6 heteroatoms. The first-order valence-corrected chi connectivity index (χ1v) is 9.23. The number of thiazole rings is 1. The first-order valence-electron chi connectivity index (χ1n) is 7.98. The van der Waals surface area contributed by atoms with E-state index in [2.05, 4.69) is 14.8 Å². The van der Waals surface area contributed by atoms with E-state index in [1.54, 1.807) is 17.4 Å². The molecule has 3 nitrogen and oxygen atoms in total. The summed E-state index contributed by atoms with van der Waals surface area (Å²) in [6.07, 6.45) is 3.08. The van der Waals surface area contributed by atoms with Gasteiger partial charge in [-0.3, -0.25) is 9.80 Å². The molecule has 0 radical (unpaired) electrons. The number of likely N-dealkylation sites (tertiary alicyclic amines) is 2. The fraction of sp³-hybridized carbons (Fsp3) is 0.471. The van der Waals surface area contributed by atoms with E-state index in [4.69, 9.17) is 11.6 Å². The molecule has 2 fully saturated rings. The third kappa shape index (κ3) is 3.29. The van der Waals surface area contributed by atoms with Crippen LogP contribution < -0.4 is 0 Å². The number of aromatic nitrogens is 1. The van der Waals surface area contributed by atoms with Crippen molar-refractivity contribution in [2.75, 3.05) is 19.6 Å². The van der Waals surface area contributed by atoms with Crippen LogP contribution in [0.4, 0.5) is 4.39 Å². The van der Waals surface area contributed by atoms with Gasteiger partial charge in [-0.05, 0) is 30.0 Å². The molecule has 0 aliphatic carbocycles. The molecule has 122 valence electrons. The zero-order valence-electron chi connectivity index (χ0n) is 12.8. The van der Waals surface area contributed by atoms with Crippen LogP contribution in [0.25, 0.3) is 0 Å². The summed E-state index contributed by atoms with van der Waals surface area (Å²) in [4.78, 5) is 9.40. The Hall–Kier alpha value is -1.01. The average molecular weight is 352 g/mol. The van der Waals surface area contributed by atoms with Crippen molar-refractivity contribution >= 4 is 22.9 Å². The van der Waals surface area contributed by atoms with Gasteiger partial charge in [-0.2, -0.15) is 0 Å². The van der Waals surface area contributed by atoms with Gasteiger partial charge in [0.1, 0.15) is 10.8 Å². The predicted octanol–water partition coefficient (Wildman–Crippen LogP) is 3.64. The van der Waals surface area contributed by atoms with Crippen LogP contribution in [0.3, 0.4) is 0 Å². The molecule has 0 spiro atoms. The first-order chi connectivity index (χ1) is 11.2. The molecule has 0 N–H and O–H groups in total. The second-order valence-corrected chi connectivity index (χ2v) is 7.84. The van der Waals surface area contributed by atoms with Crippen LogP contribution in [0.2, 0.25) is 5.02 Å². The molecule has 0 bridgehead atoms. The summed E-state index contributed by atoms with van der Waals surface area (Å²) in [7, 11) is 0. The molecule has 1 aromatic carbocycles. The molecular weight excluding hydrogens is 333 g/mol. The van der Waals surface area contributed by atoms with Gasteiger partial charge in [-0.1, -0.05) is 17.7 Å². The molecule has 0 saturated carbocycles. The van der Waals surface area contributed by atoms with Gasteiger partial charge in [-0.15, -0.1) is 11.3 Å². The molecule has 0 unspecified atom stereocenters. The fourth-order valence-electron chi connectivity index (χ4n) is 3.77. The Morgan fingerprint density at radius 2 is 2.22 bits per heavy atom. The summed E-state index contributed by atoms with van der Waals surface area (Å²) in [5.74, 6) is 0.409. The topological polar surface area (TPSA) is 19.4 Å². The van der Waals surface area contributed by atoms with Crippen molar-refractivity contribution in [2.24, 2.45) is 5.92 Å². The van der Waals surface area contributed by atoms with E-state index in [0.717, 1.165) is 44.2 Å². The lowest BCUT2D eigenvalue weighted by molar-refractivity contribution is -0.0506. The highest BCUT2D eigenvalue weighted by atomic mass is 35.5. The lowest BCUT2D eigenvalue weighted by Gasteiger charge is -2.53. The van der Waals surface area contributed by atoms with Gasteiger partial charge in [0.15, 0.2) is 0 Å². The zero-order valence-corrected chi connectivity index (χ0v) is 14.4. The Labute approximate surface area is 144 Å². The van der Waals surface area contributed by atoms with Crippen LogP contribution in [0.5, 0.6) is 0 Å². The summed E-state index contributed by atoms with van der Waals surface area (Å²) in [6.45, 7) is 5.25. The van der Waals surface area contributed by atoms with Gasteiger partial charge in [0, 0.05) is 43.8 Å². The number of hydrogen-bond donors (Lipinski definition) is 0. The highest BCUT2D eigenvalue weighted by molar-refractivity contribution is 7.09. The fourth-order valence-corrected chi connectivity index (χ4v) is 4.63. The number of fused-ring (bicyclic) bond motifs is 1. The van der Waals surface area contributed by atoms with E-state index < -0.39 is 0 Å². The van der Waals surface area contributed by atoms with Crippen LogP contribution in [-0.4, -0.2) is 40.5 Å². The summed E-state index contributed by atoms with van der Waals surface area (Å²) in [5.41, 5.74) is 1.10. The molecule has 2 aromatic rings. The number of nitrogens with zero attached hydrogens (tertiary/aromatic N) is 3. The van der Waals surface area contributed by atoms with Crippen molar-refractivity contribution in [2.45, 2.75) is 25.6 Å². The lowest BCUT2D eigenvalue weighted by atomic mass is 9.82. The SMILES string of the molecule is Fc1ccc(CN2C[C@@H]3CN(Cc4nccs4)CC[C@@H]32)cc1Cl. The highest BCUT2D eigenvalue weighted by Gasteiger charge is 2.42. The first kappa shape index (κ1) is 15.5. The third-order valence-corrected chi connectivity index (χ3v) is 5.98. The second kappa shape index (κ2) is 6.48. The highest BCUT2D eigenvalue weighted by Crippen LogP contribution is 2.34. The minimum Gasteiger partial charge on any atom is -0.296 e. The normalized spacial score (nSPS) is 25.1. The Kier molecular flexibility index (Phi) is 4.37. The Morgan fingerprint density at radius 3 is 2.96 bits per heavy atom. The molecule has 4 rings (SSSR count). The molecule has 23 heavy (non-hydrogen) atoms. The molecule has 3 heterocycles. The standard InChI is InChI=1S/C17H19ClFN3S/c18-14-7-12(1-2-15(14)19)8-22-10-13-9-21(5-3-16(13)22)11-17-20-4-6-23-17/h1-2,4,6-7,13,16H,3,5,8-11H2/t13-,16-/m0/s1. The number of rotatable bonds is 4. The quantitative estimate of drug-likeness (QED) is 0.838. The van der Waals surface area contributed by atoms with Crippen LogP contribution in [-0.2, 0) is 13.1 Å². The second-order valence-electron chi connectivity index (χ2n) is 6.45. The van der Waals surface area contributed by atoms with Gasteiger partial charge in [0.2, 0.25) is 0 Å². The van der Waals surface area contributed by atoms with E-state index in [1.165, 1.54) is 17.5 Å². The molecule has 1 aromatic heterocycles. The maximum Gasteiger partial charge on any atom is 0.141 e. The molecule has 2 saturated heterocycles. The van der Waals surface area contributed by atoms with Gasteiger partial charge in [-0.25, -0.2) is 9.37 Å².